The zero-order valence-electron chi connectivity index (χ0n) is 14.1. The van der Waals surface area contributed by atoms with Gasteiger partial charge in [-0.15, -0.1) is 0 Å². The molecule has 1 unspecified atom stereocenters. The van der Waals surface area contributed by atoms with Gasteiger partial charge < -0.3 is 5.32 Å². The zero-order chi connectivity index (χ0) is 17.6. The van der Waals surface area contributed by atoms with Crippen molar-refractivity contribution in [2.45, 2.75) is 25.9 Å². The van der Waals surface area contributed by atoms with Gasteiger partial charge in [-0.3, -0.25) is 9.69 Å². The van der Waals surface area contributed by atoms with Crippen molar-refractivity contribution in [1.29, 1.82) is 0 Å². The number of halogens is 2. The Morgan fingerprint density at radius 2 is 1.88 bits per heavy atom. The summed E-state index contributed by atoms with van der Waals surface area (Å²) in [6, 6.07) is 12.7. The lowest BCUT2D eigenvalue weighted by Gasteiger charge is -2.32. The summed E-state index contributed by atoms with van der Waals surface area (Å²) in [7, 11) is 0. The minimum Gasteiger partial charge on any atom is -0.352 e. The van der Waals surface area contributed by atoms with Crippen molar-refractivity contribution in [3.63, 3.8) is 0 Å². The van der Waals surface area contributed by atoms with E-state index in [0.717, 1.165) is 30.5 Å². The fraction of sp³-hybridized carbons (Fsp3) is 0.350. The van der Waals surface area contributed by atoms with Gasteiger partial charge in [0.25, 0.3) is 0 Å². The molecular formula is C20H22F2N2O. The monoisotopic (exact) mass is 344 g/mol. The number of carbonyl (C=O) groups excluding carboxylic acids is 1. The topological polar surface area (TPSA) is 32.3 Å². The number of benzene rings is 2. The minimum atomic E-state index is -0.296. The van der Waals surface area contributed by atoms with Crippen molar-refractivity contribution in [1.82, 2.24) is 10.2 Å². The van der Waals surface area contributed by atoms with Crippen LogP contribution in [0.3, 0.4) is 0 Å². The summed E-state index contributed by atoms with van der Waals surface area (Å²) in [4.78, 5) is 14.6. The Labute approximate surface area is 146 Å². The van der Waals surface area contributed by atoms with Crippen LogP contribution in [0.4, 0.5) is 8.78 Å². The molecule has 1 saturated heterocycles. The zero-order valence-corrected chi connectivity index (χ0v) is 14.1. The molecule has 3 rings (SSSR count). The van der Waals surface area contributed by atoms with E-state index in [2.05, 4.69) is 10.2 Å². The lowest BCUT2D eigenvalue weighted by atomic mass is 9.96. The molecule has 1 amide bonds. The first-order valence-corrected chi connectivity index (χ1v) is 8.59. The smallest absolute Gasteiger partial charge is 0.224 e. The van der Waals surface area contributed by atoms with Gasteiger partial charge in [0.1, 0.15) is 11.6 Å². The van der Waals surface area contributed by atoms with Crippen LogP contribution in [0.25, 0.3) is 0 Å². The molecule has 1 aliphatic heterocycles. The Morgan fingerprint density at radius 1 is 1.08 bits per heavy atom. The summed E-state index contributed by atoms with van der Waals surface area (Å²) in [5.41, 5.74) is 1.80. The third kappa shape index (κ3) is 5.10. The van der Waals surface area contributed by atoms with E-state index in [1.165, 1.54) is 24.3 Å². The highest BCUT2D eigenvalue weighted by Gasteiger charge is 2.25. The van der Waals surface area contributed by atoms with E-state index in [1.54, 1.807) is 24.3 Å². The van der Waals surface area contributed by atoms with Crippen molar-refractivity contribution >= 4 is 5.91 Å². The molecule has 0 bridgehead atoms. The standard InChI is InChI=1S/C20H22F2N2O/c21-18-8-6-15(7-9-18)13-24-10-2-4-17(14-24)20(25)23-12-16-3-1-5-19(22)11-16/h1,3,5-9,11,17H,2,4,10,12-14H2,(H,23,25). The molecule has 1 aliphatic rings. The molecule has 3 nitrogen and oxygen atoms in total. The average molecular weight is 344 g/mol. The van der Waals surface area contributed by atoms with Gasteiger partial charge in [0.15, 0.2) is 0 Å². The summed E-state index contributed by atoms with van der Waals surface area (Å²) in [6.07, 6.45) is 1.81. The van der Waals surface area contributed by atoms with Crippen molar-refractivity contribution in [2.75, 3.05) is 13.1 Å². The first kappa shape index (κ1) is 17.5. The van der Waals surface area contributed by atoms with Crippen LogP contribution >= 0.6 is 0 Å². The van der Waals surface area contributed by atoms with Crippen molar-refractivity contribution in [3.8, 4) is 0 Å². The molecular weight excluding hydrogens is 322 g/mol. The molecule has 1 fully saturated rings. The summed E-state index contributed by atoms with van der Waals surface area (Å²) in [5, 5.41) is 2.91. The molecule has 1 heterocycles. The second-order valence-electron chi connectivity index (χ2n) is 6.55. The lowest BCUT2D eigenvalue weighted by Crippen LogP contribution is -2.42. The second kappa shape index (κ2) is 8.21. The molecule has 132 valence electrons. The third-order valence-electron chi connectivity index (χ3n) is 4.55. The summed E-state index contributed by atoms with van der Waals surface area (Å²) < 4.78 is 26.2. The lowest BCUT2D eigenvalue weighted by molar-refractivity contribution is -0.126. The van der Waals surface area contributed by atoms with Gasteiger partial charge >= 0.3 is 0 Å². The Morgan fingerprint density at radius 3 is 2.64 bits per heavy atom. The molecule has 0 saturated carbocycles. The van der Waals surface area contributed by atoms with Crippen molar-refractivity contribution in [3.05, 3.63) is 71.3 Å². The van der Waals surface area contributed by atoms with Gasteiger partial charge in [-0.1, -0.05) is 24.3 Å². The van der Waals surface area contributed by atoms with Crippen LogP contribution in [-0.2, 0) is 17.9 Å². The number of nitrogens with one attached hydrogen (secondary N) is 1. The fourth-order valence-corrected chi connectivity index (χ4v) is 3.24. The van der Waals surface area contributed by atoms with Crippen LogP contribution in [0.15, 0.2) is 48.5 Å². The normalized spacial score (nSPS) is 18.1. The molecule has 0 radical (unpaired) electrons. The first-order chi connectivity index (χ1) is 12.1. The molecule has 0 spiro atoms. The molecule has 25 heavy (non-hydrogen) atoms. The van der Waals surface area contributed by atoms with E-state index in [9.17, 15) is 13.6 Å². The van der Waals surface area contributed by atoms with Crippen LogP contribution in [0.1, 0.15) is 24.0 Å². The number of hydrogen-bond donors (Lipinski definition) is 1. The van der Waals surface area contributed by atoms with Crippen LogP contribution in [0, 0.1) is 17.6 Å². The van der Waals surface area contributed by atoms with E-state index < -0.39 is 0 Å². The molecule has 2 aromatic rings. The van der Waals surface area contributed by atoms with E-state index in [4.69, 9.17) is 0 Å². The highest BCUT2D eigenvalue weighted by Crippen LogP contribution is 2.19. The summed E-state index contributed by atoms with van der Waals surface area (Å²) in [6.45, 7) is 2.68. The summed E-state index contributed by atoms with van der Waals surface area (Å²) in [5.74, 6) is -0.595. The van der Waals surface area contributed by atoms with E-state index in [1.807, 2.05) is 0 Å². The van der Waals surface area contributed by atoms with Crippen LogP contribution in [-0.4, -0.2) is 23.9 Å². The second-order valence-corrected chi connectivity index (χ2v) is 6.55. The van der Waals surface area contributed by atoms with Crippen molar-refractivity contribution in [2.24, 2.45) is 5.92 Å². The molecule has 0 aromatic heterocycles. The Balaban J connectivity index is 1.51. The van der Waals surface area contributed by atoms with Gasteiger partial charge in [-0.25, -0.2) is 8.78 Å². The predicted octanol–water partition coefficient (Wildman–Crippen LogP) is 3.49. The fourth-order valence-electron chi connectivity index (χ4n) is 3.24. The van der Waals surface area contributed by atoms with Crippen LogP contribution < -0.4 is 5.32 Å². The SMILES string of the molecule is O=C(NCc1cccc(F)c1)C1CCCN(Cc2ccc(F)cc2)C1. The number of rotatable bonds is 5. The maximum absolute atomic E-state index is 13.2. The van der Waals surface area contributed by atoms with Gasteiger partial charge in [-0.05, 0) is 54.8 Å². The summed E-state index contributed by atoms with van der Waals surface area (Å²) >= 11 is 0. The average Bonchev–Trinajstić information content (AvgIpc) is 2.62. The maximum Gasteiger partial charge on any atom is 0.224 e. The van der Waals surface area contributed by atoms with Gasteiger partial charge in [0.2, 0.25) is 5.91 Å². The molecule has 0 aliphatic carbocycles. The number of carbonyl (C=O) groups is 1. The number of amides is 1. The number of nitrogens with zero attached hydrogens (tertiary/aromatic N) is 1. The Kier molecular flexibility index (Phi) is 5.76. The Hall–Kier alpha value is -2.27. The number of likely N-dealkylation sites (tertiary alicyclic amines) is 1. The highest BCUT2D eigenvalue weighted by molar-refractivity contribution is 5.78. The molecule has 1 N–H and O–H groups in total. The number of hydrogen-bond acceptors (Lipinski definition) is 2. The van der Waals surface area contributed by atoms with Crippen molar-refractivity contribution < 1.29 is 13.6 Å². The number of piperidine rings is 1. The van der Waals surface area contributed by atoms with Crippen LogP contribution in [0.2, 0.25) is 0 Å². The van der Waals surface area contributed by atoms with Gasteiger partial charge in [0.05, 0.1) is 5.92 Å². The van der Waals surface area contributed by atoms with Gasteiger partial charge in [-0.2, -0.15) is 0 Å². The largest absolute Gasteiger partial charge is 0.352 e. The van der Waals surface area contributed by atoms with Crippen LogP contribution in [0.5, 0.6) is 0 Å². The van der Waals surface area contributed by atoms with Gasteiger partial charge in [0, 0.05) is 19.6 Å². The minimum absolute atomic E-state index is 0.00747. The van der Waals surface area contributed by atoms with E-state index >= 15 is 0 Å². The van der Waals surface area contributed by atoms with E-state index in [0.29, 0.717) is 19.6 Å². The molecule has 5 heteroatoms. The quantitative estimate of drug-likeness (QED) is 0.900. The molecule has 1 atom stereocenters. The maximum atomic E-state index is 13.2. The predicted molar refractivity (Wildman–Crippen MR) is 92.6 cm³/mol. The van der Waals surface area contributed by atoms with E-state index in [-0.39, 0.29) is 23.5 Å². The Bertz CT molecular complexity index is 718. The first-order valence-electron chi connectivity index (χ1n) is 8.59. The highest BCUT2D eigenvalue weighted by atomic mass is 19.1. The molecule has 2 aromatic carbocycles. The third-order valence-corrected chi connectivity index (χ3v) is 4.55.